The number of nitrogens with zero attached hydrogens (tertiary/aromatic N) is 1. The normalized spacial score (nSPS) is 10.6. The predicted octanol–water partition coefficient (Wildman–Crippen LogP) is 4.33. The molecule has 0 aliphatic carbocycles. The van der Waals surface area contributed by atoms with E-state index in [0.717, 1.165) is 0 Å². The lowest BCUT2D eigenvalue weighted by atomic mass is 10.2. The van der Waals surface area contributed by atoms with E-state index in [1.54, 1.807) is 18.2 Å². The third kappa shape index (κ3) is 2.95. The number of fused-ring (bicyclic) bond motifs is 1. The fraction of sp³-hybridized carbons (Fsp3) is 0.0625. The quantitative estimate of drug-likeness (QED) is 0.284. The maximum atomic E-state index is 12.2. The molecule has 1 aromatic heterocycles. The van der Waals surface area contributed by atoms with Crippen molar-refractivity contribution >= 4 is 38.6 Å². The first-order chi connectivity index (χ1) is 11.5. The van der Waals surface area contributed by atoms with Crippen molar-refractivity contribution in [1.82, 2.24) is 0 Å². The summed E-state index contributed by atoms with van der Waals surface area (Å²) in [5.74, 6) is -0.784. The minimum atomic E-state index is -0.827. The number of furan rings is 1. The number of carbonyl (C=O) groups is 1. The van der Waals surface area contributed by atoms with E-state index in [2.05, 4.69) is 15.9 Å². The van der Waals surface area contributed by atoms with Gasteiger partial charge in [-0.15, -0.1) is 0 Å². The van der Waals surface area contributed by atoms with Gasteiger partial charge in [-0.3, -0.25) is 10.1 Å². The SMILES string of the molecule is COc1ccc(OC(=O)c2cc3cccc(Br)c3o2)c([N+](=O)[O-])c1. The number of carbonyl (C=O) groups excluding carboxylic acids is 1. The minimum absolute atomic E-state index is 0.0537. The first-order valence-corrected chi connectivity index (χ1v) is 7.51. The summed E-state index contributed by atoms with van der Waals surface area (Å²) in [5.41, 5.74) is 0.119. The van der Waals surface area contributed by atoms with Crippen LogP contribution in [-0.4, -0.2) is 18.0 Å². The smallest absolute Gasteiger partial charge is 0.379 e. The second-order valence-corrected chi connectivity index (χ2v) is 5.60. The van der Waals surface area contributed by atoms with E-state index in [1.165, 1.54) is 31.4 Å². The number of benzene rings is 2. The molecule has 0 saturated heterocycles. The Labute approximate surface area is 144 Å². The Balaban J connectivity index is 1.94. The van der Waals surface area contributed by atoms with E-state index in [4.69, 9.17) is 13.9 Å². The van der Waals surface area contributed by atoms with E-state index in [9.17, 15) is 14.9 Å². The summed E-state index contributed by atoms with van der Waals surface area (Å²) in [6.07, 6.45) is 0. The summed E-state index contributed by atoms with van der Waals surface area (Å²) in [6.45, 7) is 0. The molecule has 0 aliphatic rings. The van der Waals surface area contributed by atoms with Crippen LogP contribution in [0.5, 0.6) is 11.5 Å². The van der Waals surface area contributed by atoms with Crippen molar-refractivity contribution in [3.8, 4) is 11.5 Å². The second kappa shape index (κ2) is 6.32. The van der Waals surface area contributed by atoms with Crippen LogP contribution in [0.3, 0.4) is 0 Å². The number of rotatable bonds is 4. The molecule has 0 aliphatic heterocycles. The molecule has 0 unspecified atom stereocenters. The molecule has 0 fully saturated rings. The van der Waals surface area contributed by atoms with Crippen LogP contribution in [0.2, 0.25) is 0 Å². The van der Waals surface area contributed by atoms with Gasteiger partial charge in [-0.1, -0.05) is 12.1 Å². The van der Waals surface area contributed by atoms with E-state index in [-0.39, 0.29) is 22.9 Å². The molecule has 0 amide bonds. The number of nitro benzene ring substituents is 1. The average Bonchev–Trinajstić information content (AvgIpc) is 3.01. The third-order valence-corrected chi connectivity index (χ3v) is 3.89. The fourth-order valence-electron chi connectivity index (χ4n) is 2.13. The summed E-state index contributed by atoms with van der Waals surface area (Å²) in [4.78, 5) is 22.7. The van der Waals surface area contributed by atoms with Crippen molar-refractivity contribution in [3.63, 3.8) is 0 Å². The molecule has 122 valence electrons. The van der Waals surface area contributed by atoms with Crippen LogP contribution < -0.4 is 9.47 Å². The first-order valence-electron chi connectivity index (χ1n) is 6.72. The van der Waals surface area contributed by atoms with Crippen molar-refractivity contribution in [2.24, 2.45) is 0 Å². The van der Waals surface area contributed by atoms with Crippen LogP contribution >= 0.6 is 15.9 Å². The van der Waals surface area contributed by atoms with Gasteiger partial charge in [0.25, 0.3) is 0 Å². The number of ether oxygens (including phenoxy) is 2. The van der Waals surface area contributed by atoms with Crippen LogP contribution in [0.25, 0.3) is 11.0 Å². The molecule has 0 atom stereocenters. The minimum Gasteiger partial charge on any atom is -0.496 e. The van der Waals surface area contributed by atoms with E-state index >= 15 is 0 Å². The van der Waals surface area contributed by atoms with Crippen LogP contribution in [-0.2, 0) is 0 Å². The van der Waals surface area contributed by atoms with E-state index in [0.29, 0.717) is 15.4 Å². The molecule has 3 rings (SSSR count). The molecule has 0 bridgehead atoms. The molecule has 0 radical (unpaired) electrons. The average molecular weight is 392 g/mol. The highest BCUT2D eigenvalue weighted by Gasteiger charge is 2.22. The molecule has 1 heterocycles. The van der Waals surface area contributed by atoms with Crippen molar-refractivity contribution in [1.29, 1.82) is 0 Å². The zero-order chi connectivity index (χ0) is 17.3. The molecule has 2 aromatic carbocycles. The van der Waals surface area contributed by atoms with Gasteiger partial charge in [-0.2, -0.15) is 0 Å². The number of esters is 1. The van der Waals surface area contributed by atoms with Gasteiger partial charge in [0.05, 0.1) is 22.6 Å². The Morgan fingerprint density at radius 2 is 2.04 bits per heavy atom. The zero-order valence-electron chi connectivity index (χ0n) is 12.3. The molecule has 24 heavy (non-hydrogen) atoms. The molecule has 8 heteroatoms. The molecule has 0 saturated carbocycles. The number of hydrogen-bond acceptors (Lipinski definition) is 6. The van der Waals surface area contributed by atoms with E-state index < -0.39 is 10.9 Å². The lowest BCUT2D eigenvalue weighted by Gasteiger charge is -2.05. The zero-order valence-corrected chi connectivity index (χ0v) is 13.9. The van der Waals surface area contributed by atoms with Gasteiger partial charge in [0, 0.05) is 5.39 Å². The topological polar surface area (TPSA) is 91.8 Å². The van der Waals surface area contributed by atoms with Gasteiger partial charge in [0.15, 0.2) is 0 Å². The fourth-order valence-corrected chi connectivity index (χ4v) is 2.59. The maximum absolute atomic E-state index is 12.2. The largest absolute Gasteiger partial charge is 0.496 e. The monoisotopic (exact) mass is 391 g/mol. The maximum Gasteiger partial charge on any atom is 0.379 e. The number of hydrogen-bond donors (Lipinski definition) is 0. The highest BCUT2D eigenvalue weighted by Crippen LogP contribution is 2.32. The molecule has 7 nitrogen and oxygen atoms in total. The predicted molar refractivity (Wildman–Crippen MR) is 88.5 cm³/mol. The number of halogens is 1. The van der Waals surface area contributed by atoms with Gasteiger partial charge in [0.1, 0.15) is 11.3 Å². The molecule has 3 aromatic rings. The second-order valence-electron chi connectivity index (χ2n) is 4.75. The van der Waals surface area contributed by atoms with Crippen molar-refractivity contribution in [2.75, 3.05) is 7.11 Å². The van der Waals surface area contributed by atoms with E-state index in [1.807, 2.05) is 0 Å². The van der Waals surface area contributed by atoms with Crippen LogP contribution in [0.15, 0.2) is 51.4 Å². The first kappa shape index (κ1) is 16.0. The molecular weight excluding hydrogens is 382 g/mol. The Kier molecular flexibility index (Phi) is 4.22. The van der Waals surface area contributed by atoms with Crippen molar-refractivity contribution in [2.45, 2.75) is 0 Å². The Morgan fingerprint density at radius 3 is 2.71 bits per heavy atom. The van der Waals surface area contributed by atoms with Crippen molar-refractivity contribution in [3.05, 3.63) is 62.8 Å². The number of para-hydroxylation sites is 1. The van der Waals surface area contributed by atoms with Crippen LogP contribution in [0, 0.1) is 10.1 Å². The van der Waals surface area contributed by atoms with Gasteiger partial charge in [-0.25, -0.2) is 4.79 Å². The lowest BCUT2D eigenvalue weighted by Crippen LogP contribution is -2.08. The molecule has 0 spiro atoms. The summed E-state index contributed by atoms with van der Waals surface area (Å²) in [5, 5.41) is 11.8. The van der Waals surface area contributed by atoms with Gasteiger partial charge < -0.3 is 13.9 Å². The van der Waals surface area contributed by atoms with Crippen LogP contribution in [0.1, 0.15) is 10.6 Å². The lowest BCUT2D eigenvalue weighted by molar-refractivity contribution is -0.385. The number of nitro groups is 1. The standard InChI is InChI=1S/C16H10BrNO6/c1-22-10-5-6-13(12(8-10)18(20)21)24-16(19)14-7-9-3-2-4-11(17)15(9)23-14/h2-8H,1H3. The van der Waals surface area contributed by atoms with Crippen LogP contribution in [0.4, 0.5) is 5.69 Å². The summed E-state index contributed by atoms with van der Waals surface area (Å²) >= 11 is 3.32. The van der Waals surface area contributed by atoms with Crippen molar-refractivity contribution < 1.29 is 23.6 Å². The highest BCUT2D eigenvalue weighted by atomic mass is 79.9. The van der Waals surface area contributed by atoms with Gasteiger partial charge in [-0.05, 0) is 40.2 Å². The van der Waals surface area contributed by atoms with Gasteiger partial charge >= 0.3 is 11.7 Å². The Hall–Kier alpha value is -2.87. The Morgan fingerprint density at radius 1 is 1.25 bits per heavy atom. The summed E-state index contributed by atoms with van der Waals surface area (Å²) in [7, 11) is 1.39. The third-order valence-electron chi connectivity index (χ3n) is 3.26. The molecular formula is C16H10BrNO6. The summed E-state index contributed by atoms with van der Waals surface area (Å²) < 4.78 is 16.2. The highest BCUT2D eigenvalue weighted by molar-refractivity contribution is 9.10. The number of methoxy groups -OCH3 is 1. The van der Waals surface area contributed by atoms with Gasteiger partial charge in [0.2, 0.25) is 11.5 Å². The Bertz CT molecular complexity index is 949. The molecule has 0 N–H and O–H groups in total. The summed E-state index contributed by atoms with van der Waals surface area (Å²) in [6, 6.07) is 10.8.